The number of carbonyl (C=O) groups excluding carboxylic acids is 2. The van der Waals surface area contributed by atoms with Crippen LogP contribution in [0, 0.1) is 6.92 Å². The number of allylic oxidation sites excluding steroid dienone is 1. The third kappa shape index (κ3) is 4.11. The maximum atomic E-state index is 12.8. The average Bonchev–Trinajstić information content (AvgIpc) is 3.12. The molecule has 0 amide bonds. The molecule has 0 saturated carbocycles. The van der Waals surface area contributed by atoms with Crippen LogP contribution in [0.25, 0.3) is 6.08 Å². The number of ether oxygens (including phenoxy) is 4. The minimum Gasteiger partial charge on any atom is -0.493 e. The van der Waals surface area contributed by atoms with Crippen LogP contribution >= 0.6 is 15.9 Å². The number of ketones is 1. The Morgan fingerprint density at radius 1 is 0.938 bits per heavy atom. The van der Waals surface area contributed by atoms with E-state index in [-0.39, 0.29) is 11.5 Å². The van der Waals surface area contributed by atoms with Crippen molar-refractivity contribution in [3.63, 3.8) is 0 Å². The highest BCUT2D eigenvalue weighted by molar-refractivity contribution is 9.10. The Morgan fingerprint density at radius 3 is 2.31 bits per heavy atom. The SMILES string of the molecule is COc1ccc(C(=O)Oc2ccc3c(c2C)O/C(=C\c2ccc(Br)cc2)C3=O)cc1OC. The van der Waals surface area contributed by atoms with Crippen molar-refractivity contribution in [2.75, 3.05) is 14.2 Å². The van der Waals surface area contributed by atoms with E-state index in [1.165, 1.54) is 14.2 Å². The number of hydrogen-bond donors (Lipinski definition) is 0. The van der Waals surface area contributed by atoms with Gasteiger partial charge >= 0.3 is 5.97 Å². The highest BCUT2D eigenvalue weighted by Gasteiger charge is 2.30. The molecule has 0 N–H and O–H groups in total. The summed E-state index contributed by atoms with van der Waals surface area (Å²) in [4.78, 5) is 25.5. The number of Topliss-reactive ketones (excluding diaryl/α,β-unsaturated/α-hetero) is 1. The van der Waals surface area contributed by atoms with Gasteiger partial charge in [-0.25, -0.2) is 4.79 Å². The van der Waals surface area contributed by atoms with Crippen LogP contribution in [-0.4, -0.2) is 26.0 Å². The molecule has 162 valence electrons. The van der Waals surface area contributed by atoms with Crippen molar-refractivity contribution >= 4 is 33.8 Å². The van der Waals surface area contributed by atoms with E-state index < -0.39 is 5.97 Å². The van der Waals surface area contributed by atoms with Crippen LogP contribution in [0.2, 0.25) is 0 Å². The Bertz CT molecular complexity index is 1240. The normalized spacial score (nSPS) is 13.5. The number of esters is 1. The third-order valence-electron chi connectivity index (χ3n) is 5.03. The third-order valence-corrected chi connectivity index (χ3v) is 5.55. The Hall–Kier alpha value is -3.58. The summed E-state index contributed by atoms with van der Waals surface area (Å²) in [5, 5.41) is 0. The van der Waals surface area contributed by atoms with Gasteiger partial charge in [0.25, 0.3) is 0 Å². The first kappa shape index (κ1) is 21.6. The fraction of sp³-hybridized carbons (Fsp3) is 0.120. The van der Waals surface area contributed by atoms with Crippen LogP contribution in [-0.2, 0) is 0 Å². The Labute approximate surface area is 193 Å². The van der Waals surface area contributed by atoms with Crippen molar-refractivity contribution in [1.82, 2.24) is 0 Å². The molecule has 1 aliphatic heterocycles. The average molecular weight is 495 g/mol. The van der Waals surface area contributed by atoms with E-state index in [1.54, 1.807) is 43.3 Å². The molecule has 3 aromatic carbocycles. The summed E-state index contributed by atoms with van der Waals surface area (Å²) in [6, 6.07) is 15.5. The molecule has 32 heavy (non-hydrogen) atoms. The molecule has 0 aromatic heterocycles. The standard InChI is InChI=1S/C25H19BrO6/c1-14-19(32-25(28)16-6-10-20(29-2)21(13-16)30-3)11-9-18-23(27)22(31-24(14)18)12-15-4-7-17(26)8-5-15/h4-13H,1-3H3/b22-12-. The lowest BCUT2D eigenvalue weighted by molar-refractivity contribution is 0.0732. The molecule has 0 spiro atoms. The van der Waals surface area contributed by atoms with Crippen LogP contribution < -0.4 is 18.9 Å². The zero-order valence-corrected chi connectivity index (χ0v) is 19.2. The van der Waals surface area contributed by atoms with Gasteiger partial charge in [0.05, 0.1) is 25.3 Å². The summed E-state index contributed by atoms with van der Waals surface area (Å²) in [6.07, 6.45) is 1.68. The van der Waals surface area contributed by atoms with E-state index in [2.05, 4.69) is 15.9 Å². The van der Waals surface area contributed by atoms with Gasteiger partial charge in [0, 0.05) is 10.0 Å². The molecule has 0 radical (unpaired) electrons. The van der Waals surface area contributed by atoms with E-state index in [1.807, 2.05) is 24.3 Å². The van der Waals surface area contributed by atoms with E-state index in [9.17, 15) is 9.59 Å². The molecular formula is C25H19BrO6. The molecular weight excluding hydrogens is 476 g/mol. The predicted molar refractivity (Wildman–Crippen MR) is 123 cm³/mol. The van der Waals surface area contributed by atoms with Gasteiger partial charge in [-0.3, -0.25) is 4.79 Å². The summed E-state index contributed by atoms with van der Waals surface area (Å²) >= 11 is 3.39. The first-order chi connectivity index (χ1) is 15.4. The number of halogens is 1. The lowest BCUT2D eigenvalue weighted by atomic mass is 10.1. The Kier molecular flexibility index (Phi) is 6.01. The fourth-order valence-electron chi connectivity index (χ4n) is 3.31. The maximum Gasteiger partial charge on any atom is 0.343 e. The number of methoxy groups -OCH3 is 2. The minimum atomic E-state index is -0.566. The molecule has 3 aromatic rings. The summed E-state index contributed by atoms with van der Waals surface area (Å²) in [6.45, 7) is 1.74. The van der Waals surface area contributed by atoms with Gasteiger partial charge in [0.2, 0.25) is 5.78 Å². The van der Waals surface area contributed by atoms with Crippen molar-refractivity contribution in [2.24, 2.45) is 0 Å². The smallest absolute Gasteiger partial charge is 0.343 e. The van der Waals surface area contributed by atoms with Crippen LogP contribution in [0.1, 0.15) is 31.8 Å². The zero-order valence-electron chi connectivity index (χ0n) is 17.6. The second kappa shape index (κ2) is 8.88. The Morgan fingerprint density at radius 2 is 1.62 bits per heavy atom. The summed E-state index contributed by atoms with van der Waals surface area (Å²) in [5.74, 6) is 1.05. The topological polar surface area (TPSA) is 71.1 Å². The summed E-state index contributed by atoms with van der Waals surface area (Å²) in [5.41, 5.74) is 2.12. The van der Waals surface area contributed by atoms with Crippen LogP contribution in [0.15, 0.2) is 64.8 Å². The summed E-state index contributed by atoms with van der Waals surface area (Å²) in [7, 11) is 3.01. The summed E-state index contributed by atoms with van der Waals surface area (Å²) < 4.78 is 22.8. The highest BCUT2D eigenvalue weighted by Crippen LogP contribution is 2.39. The molecule has 0 fully saturated rings. The molecule has 0 bridgehead atoms. The van der Waals surface area contributed by atoms with E-state index in [4.69, 9.17) is 18.9 Å². The number of fused-ring (bicyclic) bond motifs is 1. The first-order valence-corrected chi connectivity index (χ1v) is 10.5. The quantitative estimate of drug-likeness (QED) is 0.260. The van der Waals surface area contributed by atoms with Crippen molar-refractivity contribution in [3.05, 3.63) is 87.1 Å². The monoisotopic (exact) mass is 494 g/mol. The molecule has 4 rings (SSSR count). The number of hydrogen-bond acceptors (Lipinski definition) is 6. The lowest BCUT2D eigenvalue weighted by Crippen LogP contribution is -2.10. The van der Waals surface area contributed by atoms with Crippen molar-refractivity contribution in [3.8, 4) is 23.0 Å². The zero-order chi connectivity index (χ0) is 22.8. The minimum absolute atomic E-state index is 0.216. The molecule has 1 heterocycles. The first-order valence-electron chi connectivity index (χ1n) is 9.69. The molecule has 7 heteroatoms. The molecule has 0 saturated heterocycles. The molecule has 0 unspecified atom stereocenters. The molecule has 1 aliphatic rings. The van der Waals surface area contributed by atoms with Gasteiger partial charge in [-0.2, -0.15) is 0 Å². The molecule has 0 aliphatic carbocycles. The lowest BCUT2D eigenvalue weighted by Gasteiger charge is -2.12. The largest absolute Gasteiger partial charge is 0.493 e. The van der Waals surface area contributed by atoms with Crippen molar-refractivity contribution in [1.29, 1.82) is 0 Å². The fourth-order valence-corrected chi connectivity index (χ4v) is 3.58. The van der Waals surface area contributed by atoms with Crippen molar-refractivity contribution in [2.45, 2.75) is 6.92 Å². The van der Waals surface area contributed by atoms with E-state index in [0.29, 0.717) is 39.7 Å². The second-order valence-corrected chi connectivity index (χ2v) is 7.93. The molecule has 6 nitrogen and oxygen atoms in total. The molecule has 0 atom stereocenters. The van der Waals surface area contributed by atoms with E-state index in [0.717, 1.165) is 10.0 Å². The van der Waals surface area contributed by atoms with Crippen LogP contribution in [0.5, 0.6) is 23.0 Å². The number of rotatable bonds is 5. The number of benzene rings is 3. The van der Waals surface area contributed by atoms with Crippen molar-refractivity contribution < 1.29 is 28.5 Å². The maximum absolute atomic E-state index is 12.8. The van der Waals surface area contributed by atoms with Gasteiger partial charge in [0.15, 0.2) is 17.3 Å². The Balaban J connectivity index is 1.59. The highest BCUT2D eigenvalue weighted by atomic mass is 79.9. The van der Waals surface area contributed by atoms with Gasteiger partial charge in [-0.15, -0.1) is 0 Å². The predicted octanol–water partition coefficient (Wildman–Crippen LogP) is 5.61. The van der Waals surface area contributed by atoms with Gasteiger partial charge in [-0.1, -0.05) is 28.1 Å². The van der Waals surface area contributed by atoms with E-state index >= 15 is 0 Å². The van der Waals surface area contributed by atoms with Crippen LogP contribution in [0.4, 0.5) is 0 Å². The van der Waals surface area contributed by atoms with Crippen LogP contribution in [0.3, 0.4) is 0 Å². The van der Waals surface area contributed by atoms with Gasteiger partial charge in [0.1, 0.15) is 11.5 Å². The van der Waals surface area contributed by atoms with Gasteiger partial charge < -0.3 is 18.9 Å². The number of carbonyl (C=O) groups is 2. The van der Waals surface area contributed by atoms with Gasteiger partial charge in [-0.05, 0) is 61.0 Å². The second-order valence-electron chi connectivity index (χ2n) is 7.02.